The highest BCUT2D eigenvalue weighted by Crippen LogP contribution is 2.17. The molecule has 0 aromatic heterocycles. The van der Waals surface area contributed by atoms with E-state index in [4.69, 9.17) is 0 Å². The first-order chi connectivity index (χ1) is 11.5. The molecule has 2 aromatic rings. The molecule has 0 bridgehead atoms. The number of halogens is 1. The minimum atomic E-state index is -0.372. The summed E-state index contributed by atoms with van der Waals surface area (Å²) < 4.78 is 12.8. The van der Waals surface area contributed by atoms with Gasteiger partial charge in [0.15, 0.2) is 0 Å². The lowest BCUT2D eigenvalue weighted by Gasteiger charge is -2.14. The van der Waals surface area contributed by atoms with Gasteiger partial charge in [-0.05, 0) is 42.0 Å². The molecule has 1 aliphatic heterocycles. The van der Waals surface area contributed by atoms with E-state index in [0.29, 0.717) is 11.3 Å². The predicted octanol–water partition coefficient (Wildman–Crippen LogP) is 2.73. The molecule has 0 unspecified atom stereocenters. The van der Waals surface area contributed by atoms with Gasteiger partial charge in [0, 0.05) is 24.1 Å². The number of amides is 3. The molecule has 2 aromatic carbocycles. The largest absolute Gasteiger partial charge is 0.322 e. The number of imide groups is 1. The Labute approximate surface area is 138 Å². The van der Waals surface area contributed by atoms with E-state index in [2.05, 4.69) is 5.32 Å². The molecular weight excluding hydrogens is 311 g/mol. The zero-order chi connectivity index (χ0) is 17.1. The van der Waals surface area contributed by atoms with Gasteiger partial charge in [0.2, 0.25) is 11.8 Å². The van der Waals surface area contributed by atoms with Crippen molar-refractivity contribution >= 4 is 23.4 Å². The van der Waals surface area contributed by atoms with Crippen LogP contribution in [0.5, 0.6) is 0 Å². The van der Waals surface area contributed by atoms with Crippen LogP contribution in [-0.2, 0) is 16.1 Å². The van der Waals surface area contributed by atoms with Gasteiger partial charge in [0.1, 0.15) is 5.82 Å². The molecule has 0 aliphatic carbocycles. The Hall–Kier alpha value is -3.02. The Morgan fingerprint density at radius 2 is 1.54 bits per heavy atom. The Morgan fingerprint density at radius 1 is 0.958 bits per heavy atom. The second-order valence-electron chi connectivity index (χ2n) is 5.53. The molecule has 24 heavy (non-hydrogen) atoms. The second kappa shape index (κ2) is 6.62. The summed E-state index contributed by atoms with van der Waals surface area (Å²) in [6, 6.07) is 12.2. The van der Waals surface area contributed by atoms with Crippen LogP contribution in [0.4, 0.5) is 10.1 Å². The minimum Gasteiger partial charge on any atom is -0.322 e. The van der Waals surface area contributed by atoms with Gasteiger partial charge in [-0.1, -0.05) is 12.1 Å². The summed E-state index contributed by atoms with van der Waals surface area (Å²) in [6.07, 6.45) is 0.522. The van der Waals surface area contributed by atoms with Gasteiger partial charge >= 0.3 is 0 Å². The third-order valence-electron chi connectivity index (χ3n) is 3.81. The second-order valence-corrected chi connectivity index (χ2v) is 5.53. The van der Waals surface area contributed by atoms with Gasteiger partial charge in [0.05, 0.1) is 6.54 Å². The molecule has 1 aliphatic rings. The summed E-state index contributed by atoms with van der Waals surface area (Å²) in [6.45, 7) is 0.220. The first kappa shape index (κ1) is 15.9. The number of benzene rings is 2. The lowest BCUT2D eigenvalue weighted by molar-refractivity contribution is -0.139. The Balaban J connectivity index is 1.65. The van der Waals surface area contributed by atoms with Gasteiger partial charge in [-0.15, -0.1) is 0 Å². The van der Waals surface area contributed by atoms with E-state index in [-0.39, 0.29) is 42.9 Å². The highest BCUT2D eigenvalue weighted by molar-refractivity contribution is 6.04. The quantitative estimate of drug-likeness (QED) is 0.879. The van der Waals surface area contributed by atoms with Crippen LogP contribution in [0.1, 0.15) is 28.8 Å². The van der Waals surface area contributed by atoms with E-state index >= 15 is 0 Å². The van der Waals surface area contributed by atoms with Crippen LogP contribution in [-0.4, -0.2) is 22.6 Å². The number of likely N-dealkylation sites (tertiary alicyclic amines) is 1. The zero-order valence-electron chi connectivity index (χ0n) is 12.8. The summed E-state index contributed by atoms with van der Waals surface area (Å²) in [5, 5.41) is 2.67. The maximum Gasteiger partial charge on any atom is 0.255 e. The Morgan fingerprint density at radius 3 is 2.12 bits per heavy atom. The van der Waals surface area contributed by atoms with Crippen LogP contribution >= 0.6 is 0 Å². The normalized spacial score (nSPS) is 14.1. The van der Waals surface area contributed by atoms with Gasteiger partial charge in [0.25, 0.3) is 5.91 Å². The maximum atomic E-state index is 12.8. The number of anilines is 1. The average molecular weight is 326 g/mol. The fourth-order valence-electron chi connectivity index (χ4n) is 2.48. The van der Waals surface area contributed by atoms with Gasteiger partial charge < -0.3 is 5.32 Å². The van der Waals surface area contributed by atoms with E-state index in [9.17, 15) is 18.8 Å². The molecule has 1 saturated heterocycles. The smallest absolute Gasteiger partial charge is 0.255 e. The summed E-state index contributed by atoms with van der Waals surface area (Å²) >= 11 is 0. The molecular formula is C18H15FN2O3. The predicted molar refractivity (Wildman–Crippen MR) is 85.6 cm³/mol. The van der Waals surface area contributed by atoms with Crippen LogP contribution in [0.25, 0.3) is 0 Å². The summed E-state index contributed by atoms with van der Waals surface area (Å²) in [4.78, 5) is 36.6. The summed E-state index contributed by atoms with van der Waals surface area (Å²) in [7, 11) is 0. The molecule has 1 fully saturated rings. The SMILES string of the molecule is O=C(Nc1ccc(F)cc1)c1ccc(CN2C(=O)CCC2=O)cc1. The first-order valence-corrected chi connectivity index (χ1v) is 7.52. The highest BCUT2D eigenvalue weighted by Gasteiger charge is 2.28. The molecule has 0 saturated carbocycles. The zero-order valence-corrected chi connectivity index (χ0v) is 12.8. The van der Waals surface area contributed by atoms with Crippen molar-refractivity contribution < 1.29 is 18.8 Å². The van der Waals surface area contributed by atoms with Crippen LogP contribution in [0.3, 0.4) is 0 Å². The molecule has 1 heterocycles. The highest BCUT2D eigenvalue weighted by atomic mass is 19.1. The minimum absolute atomic E-state index is 0.168. The lowest BCUT2D eigenvalue weighted by Crippen LogP contribution is -2.28. The molecule has 1 N–H and O–H groups in total. The van der Waals surface area contributed by atoms with Crippen molar-refractivity contribution in [2.24, 2.45) is 0 Å². The number of rotatable bonds is 4. The van der Waals surface area contributed by atoms with Crippen LogP contribution in [0, 0.1) is 5.82 Å². The van der Waals surface area contributed by atoms with Gasteiger partial charge in [-0.3, -0.25) is 19.3 Å². The molecule has 0 spiro atoms. The van der Waals surface area contributed by atoms with Crippen molar-refractivity contribution in [2.45, 2.75) is 19.4 Å². The number of carbonyl (C=O) groups is 3. The van der Waals surface area contributed by atoms with Crippen LogP contribution in [0.2, 0.25) is 0 Å². The molecule has 122 valence electrons. The summed E-state index contributed by atoms with van der Waals surface area (Å²) in [5.74, 6) is -1.03. The molecule has 5 nitrogen and oxygen atoms in total. The van der Waals surface area contributed by atoms with Crippen molar-refractivity contribution in [1.29, 1.82) is 0 Å². The maximum absolute atomic E-state index is 12.8. The average Bonchev–Trinajstić information content (AvgIpc) is 2.89. The Bertz CT molecular complexity index is 769. The topological polar surface area (TPSA) is 66.5 Å². The number of carbonyl (C=O) groups excluding carboxylic acids is 3. The molecule has 3 rings (SSSR count). The number of hydrogen-bond donors (Lipinski definition) is 1. The summed E-state index contributed by atoms with van der Waals surface area (Å²) in [5.41, 5.74) is 1.71. The van der Waals surface area contributed by atoms with E-state index in [0.717, 1.165) is 5.56 Å². The number of nitrogens with zero attached hydrogens (tertiary/aromatic N) is 1. The van der Waals surface area contributed by atoms with E-state index in [1.165, 1.54) is 29.2 Å². The molecule has 0 atom stereocenters. The molecule has 3 amide bonds. The number of hydrogen-bond acceptors (Lipinski definition) is 3. The van der Waals surface area contributed by atoms with Crippen molar-refractivity contribution in [3.8, 4) is 0 Å². The van der Waals surface area contributed by atoms with Crippen LogP contribution < -0.4 is 5.32 Å². The fourth-order valence-corrected chi connectivity index (χ4v) is 2.48. The lowest BCUT2D eigenvalue weighted by atomic mass is 10.1. The van der Waals surface area contributed by atoms with Crippen molar-refractivity contribution in [1.82, 2.24) is 4.90 Å². The monoisotopic (exact) mass is 326 g/mol. The van der Waals surface area contributed by atoms with Crippen molar-refractivity contribution in [2.75, 3.05) is 5.32 Å². The standard InChI is InChI=1S/C18H15FN2O3/c19-14-5-7-15(8-6-14)20-18(24)13-3-1-12(2-4-13)11-21-16(22)9-10-17(21)23/h1-8H,9-11H2,(H,20,24). The van der Waals surface area contributed by atoms with Gasteiger partial charge in [-0.25, -0.2) is 4.39 Å². The van der Waals surface area contributed by atoms with Crippen molar-refractivity contribution in [3.05, 3.63) is 65.5 Å². The first-order valence-electron chi connectivity index (χ1n) is 7.52. The van der Waals surface area contributed by atoms with Crippen LogP contribution in [0.15, 0.2) is 48.5 Å². The number of nitrogens with one attached hydrogen (secondary N) is 1. The van der Waals surface area contributed by atoms with E-state index in [1.54, 1.807) is 24.3 Å². The Kier molecular flexibility index (Phi) is 4.37. The fraction of sp³-hybridized carbons (Fsp3) is 0.167. The third kappa shape index (κ3) is 3.48. The third-order valence-corrected chi connectivity index (χ3v) is 3.81. The van der Waals surface area contributed by atoms with E-state index < -0.39 is 0 Å². The molecule has 0 radical (unpaired) electrons. The van der Waals surface area contributed by atoms with Gasteiger partial charge in [-0.2, -0.15) is 0 Å². The molecule has 6 heteroatoms. The van der Waals surface area contributed by atoms with E-state index in [1.807, 2.05) is 0 Å². The van der Waals surface area contributed by atoms with Crippen molar-refractivity contribution in [3.63, 3.8) is 0 Å².